The van der Waals surface area contributed by atoms with Gasteiger partial charge in [-0.1, -0.05) is 63.3 Å². The molecule has 2 aromatic rings. The minimum Gasteiger partial charge on any atom is -0.0795 e. The fraction of sp³-hybridized carbons (Fsp3) is 0.294. The van der Waals surface area contributed by atoms with E-state index in [9.17, 15) is 0 Å². The molecule has 0 saturated heterocycles. The number of rotatable bonds is 0. The first-order chi connectivity index (χ1) is 8.07. The van der Waals surface area contributed by atoms with Crippen molar-refractivity contribution < 1.29 is 0 Å². The predicted octanol–water partition coefficient (Wildman–Crippen LogP) is 4.71. The van der Waals surface area contributed by atoms with Crippen molar-refractivity contribution in [2.24, 2.45) is 0 Å². The maximum absolute atomic E-state index is 2.29. The second-order valence-corrected chi connectivity index (χ2v) is 5.90. The molecular weight excluding hydrogens is 204 g/mol. The van der Waals surface area contributed by atoms with Crippen LogP contribution in [0.4, 0.5) is 0 Å². The van der Waals surface area contributed by atoms with E-state index in [4.69, 9.17) is 0 Å². The van der Waals surface area contributed by atoms with E-state index in [1.165, 1.54) is 27.5 Å². The number of benzene rings is 2. The number of hydrogen-bond acceptors (Lipinski definition) is 0. The summed E-state index contributed by atoms with van der Waals surface area (Å²) in [6.45, 7) is 6.87. The third-order valence-corrected chi connectivity index (χ3v) is 3.61. The quantitative estimate of drug-likeness (QED) is 0.605. The van der Waals surface area contributed by atoms with Gasteiger partial charge in [-0.05, 0) is 39.3 Å². The third kappa shape index (κ3) is 1.59. The van der Waals surface area contributed by atoms with Crippen LogP contribution in [0.25, 0.3) is 16.8 Å². The highest BCUT2D eigenvalue weighted by atomic mass is 14.2. The molecule has 86 valence electrons. The maximum atomic E-state index is 2.29. The average molecular weight is 222 g/mol. The Morgan fingerprint density at radius 2 is 1.82 bits per heavy atom. The second-order valence-electron chi connectivity index (χ2n) is 5.90. The van der Waals surface area contributed by atoms with Gasteiger partial charge in [0.15, 0.2) is 0 Å². The number of hydrogen-bond donors (Lipinski definition) is 0. The zero-order chi connectivity index (χ0) is 12.0. The Bertz CT molecular complexity index is 610. The van der Waals surface area contributed by atoms with Crippen molar-refractivity contribution in [3.05, 3.63) is 53.1 Å². The van der Waals surface area contributed by atoms with Gasteiger partial charge in [-0.2, -0.15) is 0 Å². The van der Waals surface area contributed by atoms with Gasteiger partial charge >= 0.3 is 0 Å². The molecular formula is C17H18. The first kappa shape index (κ1) is 10.6. The van der Waals surface area contributed by atoms with Crippen LogP contribution < -0.4 is 0 Å². The molecule has 1 aliphatic rings. The van der Waals surface area contributed by atoms with Gasteiger partial charge in [0.05, 0.1) is 0 Å². The minimum absolute atomic E-state index is 0.199. The maximum Gasteiger partial charge on any atom is -0.00712 e. The summed E-state index contributed by atoms with van der Waals surface area (Å²) >= 11 is 0. The Morgan fingerprint density at radius 3 is 2.59 bits per heavy atom. The minimum atomic E-state index is 0.199. The SMILES string of the molecule is CC(C)(C)c1cccc2ccc3c(c12)C=CC3. The van der Waals surface area contributed by atoms with E-state index in [-0.39, 0.29) is 5.41 Å². The largest absolute Gasteiger partial charge is 0.0795 e. The van der Waals surface area contributed by atoms with E-state index < -0.39 is 0 Å². The summed E-state index contributed by atoms with van der Waals surface area (Å²) in [4.78, 5) is 0. The van der Waals surface area contributed by atoms with Crippen molar-refractivity contribution in [1.82, 2.24) is 0 Å². The summed E-state index contributed by atoms with van der Waals surface area (Å²) in [5.41, 5.74) is 4.56. The second kappa shape index (κ2) is 3.46. The molecule has 0 aromatic heterocycles. The van der Waals surface area contributed by atoms with E-state index in [1.807, 2.05) is 0 Å². The van der Waals surface area contributed by atoms with Gasteiger partial charge in [-0.3, -0.25) is 0 Å². The highest BCUT2D eigenvalue weighted by molar-refractivity contribution is 5.96. The molecule has 17 heavy (non-hydrogen) atoms. The van der Waals surface area contributed by atoms with Crippen molar-refractivity contribution in [3.63, 3.8) is 0 Å². The monoisotopic (exact) mass is 222 g/mol. The van der Waals surface area contributed by atoms with Gasteiger partial charge in [0.1, 0.15) is 0 Å². The third-order valence-electron chi connectivity index (χ3n) is 3.61. The molecule has 0 bridgehead atoms. The van der Waals surface area contributed by atoms with Crippen LogP contribution in [0, 0.1) is 0 Å². The van der Waals surface area contributed by atoms with E-state index >= 15 is 0 Å². The Labute approximate surface area is 103 Å². The zero-order valence-electron chi connectivity index (χ0n) is 10.7. The lowest BCUT2D eigenvalue weighted by Gasteiger charge is -2.22. The van der Waals surface area contributed by atoms with Crippen LogP contribution in [0.2, 0.25) is 0 Å². The van der Waals surface area contributed by atoms with Gasteiger partial charge in [0, 0.05) is 0 Å². The van der Waals surface area contributed by atoms with Gasteiger partial charge in [-0.25, -0.2) is 0 Å². The summed E-state index contributed by atoms with van der Waals surface area (Å²) in [7, 11) is 0. The summed E-state index contributed by atoms with van der Waals surface area (Å²) in [6.07, 6.45) is 5.64. The smallest absolute Gasteiger partial charge is 0.00712 e. The van der Waals surface area contributed by atoms with Crippen molar-refractivity contribution in [2.75, 3.05) is 0 Å². The predicted molar refractivity (Wildman–Crippen MR) is 75.4 cm³/mol. The Morgan fingerprint density at radius 1 is 1.00 bits per heavy atom. The Balaban J connectivity index is 2.45. The molecule has 0 fully saturated rings. The molecule has 3 rings (SSSR count). The Hall–Kier alpha value is -1.56. The van der Waals surface area contributed by atoms with Crippen molar-refractivity contribution in [3.8, 4) is 0 Å². The molecule has 0 radical (unpaired) electrons. The first-order valence-corrected chi connectivity index (χ1v) is 6.29. The Kier molecular flexibility index (Phi) is 2.16. The van der Waals surface area contributed by atoms with E-state index in [1.54, 1.807) is 0 Å². The molecule has 1 aliphatic carbocycles. The summed E-state index contributed by atoms with van der Waals surface area (Å²) < 4.78 is 0. The van der Waals surface area contributed by atoms with Crippen LogP contribution in [0.1, 0.15) is 37.5 Å². The fourth-order valence-electron chi connectivity index (χ4n) is 2.75. The highest BCUT2D eigenvalue weighted by Crippen LogP contribution is 2.36. The van der Waals surface area contributed by atoms with E-state index in [2.05, 4.69) is 63.3 Å². The number of fused-ring (bicyclic) bond motifs is 3. The van der Waals surface area contributed by atoms with Crippen molar-refractivity contribution in [2.45, 2.75) is 32.6 Å². The average Bonchev–Trinajstić information content (AvgIpc) is 2.75. The fourth-order valence-corrected chi connectivity index (χ4v) is 2.75. The van der Waals surface area contributed by atoms with Gasteiger partial charge in [0.25, 0.3) is 0 Å². The lowest BCUT2D eigenvalue weighted by Crippen LogP contribution is -2.12. The van der Waals surface area contributed by atoms with Crippen LogP contribution >= 0.6 is 0 Å². The van der Waals surface area contributed by atoms with Gasteiger partial charge < -0.3 is 0 Å². The highest BCUT2D eigenvalue weighted by Gasteiger charge is 2.19. The van der Waals surface area contributed by atoms with Gasteiger partial charge in [-0.15, -0.1) is 0 Å². The molecule has 0 nitrogen and oxygen atoms in total. The summed E-state index contributed by atoms with van der Waals surface area (Å²) in [6, 6.07) is 11.2. The first-order valence-electron chi connectivity index (χ1n) is 6.29. The lowest BCUT2D eigenvalue weighted by atomic mass is 9.82. The molecule has 0 atom stereocenters. The topological polar surface area (TPSA) is 0 Å². The molecule has 0 heteroatoms. The van der Waals surface area contributed by atoms with Crippen molar-refractivity contribution >= 4 is 16.8 Å². The number of allylic oxidation sites excluding steroid dienone is 1. The van der Waals surface area contributed by atoms with Crippen LogP contribution in [-0.4, -0.2) is 0 Å². The van der Waals surface area contributed by atoms with Crippen molar-refractivity contribution in [1.29, 1.82) is 0 Å². The van der Waals surface area contributed by atoms with E-state index in [0.29, 0.717) is 0 Å². The molecule has 0 saturated carbocycles. The van der Waals surface area contributed by atoms with Gasteiger partial charge in [0.2, 0.25) is 0 Å². The normalized spacial score (nSPS) is 14.3. The van der Waals surface area contributed by atoms with Crippen LogP contribution in [0.3, 0.4) is 0 Å². The zero-order valence-corrected chi connectivity index (χ0v) is 10.7. The molecule has 0 aliphatic heterocycles. The molecule has 0 unspecified atom stereocenters. The standard InChI is InChI=1S/C17H18/c1-17(2,3)15-9-5-7-13-11-10-12-6-4-8-14(12)16(13)15/h4-5,7-11H,6H2,1-3H3. The van der Waals surface area contributed by atoms with E-state index in [0.717, 1.165) is 6.42 Å². The molecule has 2 aromatic carbocycles. The molecule has 0 N–H and O–H groups in total. The van der Waals surface area contributed by atoms with Crippen LogP contribution in [-0.2, 0) is 11.8 Å². The summed E-state index contributed by atoms with van der Waals surface area (Å²) in [5.74, 6) is 0. The van der Waals surface area contributed by atoms with Crippen LogP contribution in [0.15, 0.2) is 36.4 Å². The lowest BCUT2D eigenvalue weighted by molar-refractivity contribution is 0.596. The summed E-state index contributed by atoms with van der Waals surface area (Å²) in [5, 5.41) is 2.81. The molecule has 0 spiro atoms. The van der Waals surface area contributed by atoms with Crippen LogP contribution in [0.5, 0.6) is 0 Å². The molecule has 0 amide bonds. The molecule has 0 heterocycles.